The van der Waals surface area contributed by atoms with Gasteiger partial charge in [0.2, 0.25) is 0 Å². The molecule has 110 valence electrons. The summed E-state index contributed by atoms with van der Waals surface area (Å²) in [5.74, 6) is -0.881. The van der Waals surface area contributed by atoms with Gasteiger partial charge in [0.1, 0.15) is 11.6 Å². The Morgan fingerprint density at radius 1 is 1.60 bits per heavy atom. The van der Waals surface area contributed by atoms with E-state index in [-0.39, 0.29) is 18.4 Å². The lowest BCUT2D eigenvalue weighted by molar-refractivity contribution is -0.157. The topological polar surface area (TPSA) is 59.0 Å². The third-order valence-electron chi connectivity index (χ3n) is 3.57. The third kappa shape index (κ3) is 2.91. The van der Waals surface area contributed by atoms with Crippen molar-refractivity contribution in [1.29, 1.82) is 0 Å². The summed E-state index contributed by atoms with van der Waals surface area (Å²) < 4.78 is 24.4. The second-order valence-electron chi connectivity index (χ2n) is 4.72. The van der Waals surface area contributed by atoms with Gasteiger partial charge in [-0.15, -0.1) is 0 Å². The summed E-state index contributed by atoms with van der Waals surface area (Å²) in [4.78, 5) is 12.9. The van der Waals surface area contributed by atoms with Crippen LogP contribution in [0.3, 0.4) is 0 Å². The highest BCUT2D eigenvalue weighted by Gasteiger charge is 2.31. The van der Waals surface area contributed by atoms with Crippen LogP contribution in [0.1, 0.15) is 18.5 Å². The van der Waals surface area contributed by atoms with Crippen LogP contribution >= 0.6 is 0 Å². The summed E-state index contributed by atoms with van der Waals surface area (Å²) >= 11 is 0. The Hall–Kier alpha value is -1.66. The predicted octanol–water partition coefficient (Wildman–Crippen LogP) is 1.68. The minimum absolute atomic E-state index is 0.230. The molecule has 2 rings (SSSR count). The van der Waals surface area contributed by atoms with E-state index in [1.807, 2.05) is 11.8 Å². The van der Waals surface area contributed by atoms with Crippen LogP contribution in [0.25, 0.3) is 0 Å². The van der Waals surface area contributed by atoms with Crippen molar-refractivity contribution in [2.24, 2.45) is 0 Å². The van der Waals surface area contributed by atoms with Crippen LogP contribution < -0.4 is 4.74 Å². The number of benzene rings is 1. The lowest BCUT2D eigenvalue weighted by atomic mass is 10.0. The number of hydrogen-bond donors (Lipinski definition) is 1. The van der Waals surface area contributed by atoms with E-state index in [9.17, 15) is 9.18 Å². The van der Waals surface area contributed by atoms with Gasteiger partial charge in [-0.05, 0) is 19.1 Å². The predicted molar refractivity (Wildman–Crippen MR) is 70.3 cm³/mol. The Morgan fingerprint density at radius 2 is 2.35 bits per heavy atom. The molecule has 1 saturated heterocycles. The van der Waals surface area contributed by atoms with E-state index < -0.39 is 12.1 Å². The van der Waals surface area contributed by atoms with Gasteiger partial charge >= 0.3 is 5.97 Å². The average Bonchev–Trinajstić information content (AvgIpc) is 2.46. The number of aliphatic carboxylic acids is 1. The maximum Gasteiger partial charge on any atom is 0.334 e. The van der Waals surface area contributed by atoms with Crippen molar-refractivity contribution in [2.45, 2.75) is 19.1 Å². The quantitative estimate of drug-likeness (QED) is 0.911. The van der Waals surface area contributed by atoms with Crippen molar-refractivity contribution in [1.82, 2.24) is 4.90 Å². The summed E-state index contributed by atoms with van der Waals surface area (Å²) in [6, 6.07) is 4.38. The number of halogens is 1. The molecule has 2 unspecified atom stereocenters. The fraction of sp³-hybridized carbons (Fsp3) is 0.500. The van der Waals surface area contributed by atoms with Crippen LogP contribution in [-0.4, -0.2) is 48.9 Å². The van der Waals surface area contributed by atoms with Gasteiger partial charge in [-0.25, -0.2) is 9.18 Å². The molecule has 0 aromatic heterocycles. The number of carbonyl (C=O) groups is 1. The molecule has 6 heteroatoms. The molecule has 5 nitrogen and oxygen atoms in total. The van der Waals surface area contributed by atoms with Gasteiger partial charge in [-0.1, -0.05) is 6.07 Å². The first-order chi connectivity index (χ1) is 9.54. The summed E-state index contributed by atoms with van der Waals surface area (Å²) in [5, 5.41) is 9.01. The second-order valence-corrected chi connectivity index (χ2v) is 4.72. The number of rotatable bonds is 4. The lowest BCUT2D eigenvalue weighted by Crippen LogP contribution is -2.47. The Labute approximate surface area is 116 Å². The van der Waals surface area contributed by atoms with E-state index in [0.717, 1.165) is 0 Å². The molecule has 1 heterocycles. The zero-order chi connectivity index (χ0) is 14.7. The molecule has 0 saturated carbocycles. The summed E-state index contributed by atoms with van der Waals surface area (Å²) in [7, 11) is 1.49. The molecule has 20 heavy (non-hydrogen) atoms. The summed E-state index contributed by atoms with van der Waals surface area (Å²) in [5.41, 5.74) is 0.445. The first-order valence-electron chi connectivity index (χ1n) is 6.45. The minimum atomic E-state index is -0.998. The number of ether oxygens (including phenoxy) is 2. The highest BCUT2D eigenvalue weighted by atomic mass is 19.1. The number of methoxy groups -OCH3 is 1. The Morgan fingerprint density at radius 3 is 3.00 bits per heavy atom. The van der Waals surface area contributed by atoms with E-state index >= 15 is 0 Å². The first-order valence-corrected chi connectivity index (χ1v) is 6.45. The third-order valence-corrected chi connectivity index (χ3v) is 3.57. The molecule has 0 aliphatic carbocycles. The van der Waals surface area contributed by atoms with Crippen LogP contribution in [-0.2, 0) is 9.53 Å². The SMILES string of the molecule is COc1cccc(F)c1C(C)N1CCOC(C(=O)O)C1. The molecule has 0 radical (unpaired) electrons. The molecule has 1 aromatic carbocycles. The maximum atomic E-state index is 14.0. The minimum Gasteiger partial charge on any atom is -0.496 e. The van der Waals surface area contributed by atoms with Crippen molar-refractivity contribution in [3.8, 4) is 5.75 Å². The Balaban J connectivity index is 2.22. The van der Waals surface area contributed by atoms with Crippen LogP contribution in [0, 0.1) is 5.82 Å². The van der Waals surface area contributed by atoms with Crippen LogP contribution in [0.5, 0.6) is 5.75 Å². The number of nitrogens with zero attached hydrogens (tertiary/aromatic N) is 1. The molecular weight excluding hydrogens is 265 g/mol. The highest BCUT2D eigenvalue weighted by molar-refractivity contribution is 5.72. The molecule has 0 spiro atoms. The fourth-order valence-corrected chi connectivity index (χ4v) is 2.45. The monoisotopic (exact) mass is 283 g/mol. The van der Waals surface area contributed by atoms with Gasteiger partial charge in [-0.3, -0.25) is 4.90 Å². The highest BCUT2D eigenvalue weighted by Crippen LogP contribution is 2.32. The number of morpholine rings is 1. The molecular formula is C14H18FNO4. The van der Waals surface area contributed by atoms with Crippen molar-refractivity contribution < 1.29 is 23.8 Å². The van der Waals surface area contributed by atoms with Gasteiger partial charge in [0.25, 0.3) is 0 Å². The zero-order valence-corrected chi connectivity index (χ0v) is 11.5. The maximum absolute atomic E-state index is 14.0. The molecule has 1 aromatic rings. The van der Waals surface area contributed by atoms with Crippen LogP contribution in [0.4, 0.5) is 4.39 Å². The van der Waals surface area contributed by atoms with E-state index in [1.165, 1.54) is 13.2 Å². The number of carboxylic acids is 1. The first kappa shape index (κ1) is 14.7. The van der Waals surface area contributed by atoms with Gasteiger partial charge in [-0.2, -0.15) is 0 Å². The van der Waals surface area contributed by atoms with Gasteiger partial charge in [0.15, 0.2) is 6.10 Å². The van der Waals surface area contributed by atoms with Crippen molar-refractivity contribution in [3.05, 3.63) is 29.6 Å². The van der Waals surface area contributed by atoms with Gasteiger partial charge in [0, 0.05) is 24.7 Å². The van der Waals surface area contributed by atoms with E-state index in [4.69, 9.17) is 14.6 Å². The molecule has 2 atom stereocenters. The largest absolute Gasteiger partial charge is 0.496 e. The molecule has 0 amide bonds. The molecule has 1 aliphatic heterocycles. The zero-order valence-electron chi connectivity index (χ0n) is 11.5. The standard InChI is InChI=1S/C14H18FNO4/c1-9(13-10(15)4-3-5-11(13)19-2)16-6-7-20-12(8-16)14(17)18/h3-5,9,12H,6-8H2,1-2H3,(H,17,18). The average molecular weight is 283 g/mol. The fourth-order valence-electron chi connectivity index (χ4n) is 2.45. The number of carboxylic acid groups (broad SMARTS) is 1. The summed E-state index contributed by atoms with van der Waals surface area (Å²) in [6.45, 7) is 2.94. The van der Waals surface area contributed by atoms with Crippen molar-refractivity contribution in [2.75, 3.05) is 26.8 Å². The van der Waals surface area contributed by atoms with Gasteiger partial charge in [0.05, 0.1) is 13.7 Å². The molecule has 1 fully saturated rings. The smallest absolute Gasteiger partial charge is 0.334 e. The Kier molecular flexibility index (Phi) is 4.57. The van der Waals surface area contributed by atoms with E-state index in [2.05, 4.69) is 0 Å². The van der Waals surface area contributed by atoms with Gasteiger partial charge < -0.3 is 14.6 Å². The number of hydrogen-bond acceptors (Lipinski definition) is 4. The van der Waals surface area contributed by atoms with Crippen LogP contribution in [0.2, 0.25) is 0 Å². The van der Waals surface area contributed by atoms with E-state index in [0.29, 0.717) is 24.5 Å². The van der Waals surface area contributed by atoms with E-state index in [1.54, 1.807) is 12.1 Å². The Bertz CT molecular complexity index is 494. The second kappa shape index (κ2) is 6.19. The normalized spacial score (nSPS) is 21.4. The molecule has 1 N–H and O–H groups in total. The lowest BCUT2D eigenvalue weighted by Gasteiger charge is -2.35. The molecule has 1 aliphatic rings. The molecule has 0 bridgehead atoms. The van der Waals surface area contributed by atoms with Crippen molar-refractivity contribution in [3.63, 3.8) is 0 Å². The van der Waals surface area contributed by atoms with Crippen molar-refractivity contribution >= 4 is 5.97 Å². The van der Waals surface area contributed by atoms with Crippen LogP contribution in [0.15, 0.2) is 18.2 Å². The summed E-state index contributed by atoms with van der Waals surface area (Å²) in [6.07, 6.45) is -0.871.